The number of para-hydroxylation sites is 2. The third kappa shape index (κ3) is 2.38. The number of imidazole rings is 1. The molecule has 0 N–H and O–H groups in total. The quantitative estimate of drug-likeness (QED) is 0.428. The molecule has 0 saturated heterocycles. The van der Waals surface area contributed by atoms with Crippen molar-refractivity contribution in [3.05, 3.63) is 64.6 Å². The van der Waals surface area contributed by atoms with Gasteiger partial charge in [-0.25, -0.2) is 4.98 Å². The van der Waals surface area contributed by atoms with Crippen LogP contribution in [0.2, 0.25) is 0 Å². The lowest BCUT2D eigenvalue weighted by Gasteiger charge is -2.05. The largest absolute Gasteiger partial charge is 0.460 e. The minimum Gasteiger partial charge on any atom is -0.460 e. The fourth-order valence-corrected chi connectivity index (χ4v) is 3.67. The van der Waals surface area contributed by atoms with Gasteiger partial charge < -0.3 is 8.98 Å². The van der Waals surface area contributed by atoms with Crippen LogP contribution in [0.15, 0.2) is 57.7 Å². The number of furan rings is 1. The van der Waals surface area contributed by atoms with Crippen molar-refractivity contribution in [3.8, 4) is 0 Å². The highest BCUT2D eigenvalue weighted by atomic mass is 79.9. The fourth-order valence-electron chi connectivity index (χ4n) is 3.11. The van der Waals surface area contributed by atoms with Crippen LogP contribution in [0.4, 0.5) is 0 Å². The molecule has 4 rings (SSSR count). The van der Waals surface area contributed by atoms with E-state index in [-0.39, 0.29) is 0 Å². The van der Waals surface area contributed by atoms with Gasteiger partial charge in [-0.3, -0.25) is 0 Å². The first-order valence-electron chi connectivity index (χ1n) is 7.99. The lowest BCUT2D eigenvalue weighted by atomic mass is 10.1. The van der Waals surface area contributed by atoms with Gasteiger partial charge in [0.05, 0.1) is 11.0 Å². The third-order valence-electron chi connectivity index (χ3n) is 4.29. The standard InChI is InChI=1S/C20H17BrN2O/c1-3-18-14(20-15(21)7-6-10-19(20)24-18)11-13(2)23-12-22-16-8-4-5-9-17(16)23/h4-12H,3H2,1-2H3/b13-11+. The van der Waals surface area contributed by atoms with Crippen molar-refractivity contribution in [1.29, 1.82) is 0 Å². The van der Waals surface area contributed by atoms with E-state index in [2.05, 4.69) is 57.5 Å². The lowest BCUT2D eigenvalue weighted by Crippen LogP contribution is -1.92. The number of halogens is 1. The predicted molar refractivity (Wildman–Crippen MR) is 103 cm³/mol. The summed E-state index contributed by atoms with van der Waals surface area (Å²) in [5.74, 6) is 1.00. The average Bonchev–Trinajstić information content (AvgIpc) is 3.17. The lowest BCUT2D eigenvalue weighted by molar-refractivity contribution is 0.556. The number of rotatable bonds is 3. The topological polar surface area (TPSA) is 31.0 Å². The number of aryl methyl sites for hydroxylation is 1. The van der Waals surface area contributed by atoms with Gasteiger partial charge in [-0.15, -0.1) is 0 Å². The minimum atomic E-state index is 0.852. The molecule has 0 spiro atoms. The first kappa shape index (κ1) is 15.2. The molecular weight excluding hydrogens is 364 g/mol. The van der Waals surface area contributed by atoms with E-state index in [1.54, 1.807) is 0 Å². The zero-order valence-corrected chi connectivity index (χ0v) is 15.2. The van der Waals surface area contributed by atoms with Crippen LogP contribution in [0.1, 0.15) is 25.2 Å². The number of aromatic nitrogens is 2. The maximum Gasteiger partial charge on any atom is 0.136 e. The molecule has 0 atom stereocenters. The highest BCUT2D eigenvalue weighted by Gasteiger charge is 2.14. The van der Waals surface area contributed by atoms with Crippen molar-refractivity contribution in [1.82, 2.24) is 9.55 Å². The van der Waals surface area contributed by atoms with E-state index in [4.69, 9.17) is 4.42 Å². The molecule has 0 aliphatic heterocycles. The molecule has 0 radical (unpaired) electrons. The molecule has 2 aromatic heterocycles. The molecule has 2 heterocycles. The number of hydrogen-bond acceptors (Lipinski definition) is 2. The molecule has 3 nitrogen and oxygen atoms in total. The molecule has 24 heavy (non-hydrogen) atoms. The summed E-state index contributed by atoms with van der Waals surface area (Å²) >= 11 is 3.66. The first-order valence-corrected chi connectivity index (χ1v) is 8.79. The van der Waals surface area contributed by atoms with Gasteiger partial charge >= 0.3 is 0 Å². The van der Waals surface area contributed by atoms with Crippen LogP contribution >= 0.6 is 15.9 Å². The van der Waals surface area contributed by atoms with Gasteiger partial charge in [0.25, 0.3) is 0 Å². The Labute approximate surface area is 148 Å². The van der Waals surface area contributed by atoms with Crippen LogP contribution in [0, 0.1) is 0 Å². The van der Waals surface area contributed by atoms with E-state index >= 15 is 0 Å². The zero-order chi connectivity index (χ0) is 16.7. The summed E-state index contributed by atoms with van der Waals surface area (Å²) in [5.41, 5.74) is 5.26. The zero-order valence-electron chi connectivity index (χ0n) is 13.6. The number of hydrogen-bond donors (Lipinski definition) is 0. The highest BCUT2D eigenvalue weighted by Crippen LogP contribution is 2.34. The number of allylic oxidation sites excluding steroid dienone is 1. The molecule has 0 bridgehead atoms. The molecule has 4 aromatic rings. The van der Waals surface area contributed by atoms with Crippen molar-refractivity contribution < 1.29 is 4.42 Å². The van der Waals surface area contributed by atoms with Crippen LogP contribution < -0.4 is 0 Å². The van der Waals surface area contributed by atoms with Crippen molar-refractivity contribution >= 4 is 49.7 Å². The second kappa shape index (κ2) is 5.95. The summed E-state index contributed by atoms with van der Waals surface area (Å²) < 4.78 is 9.20. The molecule has 120 valence electrons. The summed E-state index contributed by atoms with van der Waals surface area (Å²) in [6, 6.07) is 14.2. The van der Waals surface area contributed by atoms with Gasteiger partial charge in [0, 0.05) is 27.5 Å². The third-order valence-corrected chi connectivity index (χ3v) is 4.95. The average molecular weight is 381 g/mol. The van der Waals surface area contributed by atoms with Gasteiger partial charge in [0.1, 0.15) is 17.7 Å². The molecule has 2 aromatic carbocycles. The summed E-state index contributed by atoms with van der Waals surface area (Å²) in [6.07, 6.45) is 4.91. The van der Waals surface area contributed by atoms with Crippen molar-refractivity contribution in [3.63, 3.8) is 0 Å². The second-order valence-electron chi connectivity index (χ2n) is 5.79. The molecule has 0 saturated carbocycles. The normalized spacial score (nSPS) is 12.4. The Kier molecular flexibility index (Phi) is 3.77. The smallest absolute Gasteiger partial charge is 0.136 e. The summed E-state index contributed by atoms with van der Waals surface area (Å²) in [4.78, 5) is 4.48. The van der Waals surface area contributed by atoms with E-state index in [9.17, 15) is 0 Å². The van der Waals surface area contributed by atoms with Crippen molar-refractivity contribution in [2.45, 2.75) is 20.3 Å². The molecule has 4 heteroatoms. The number of fused-ring (bicyclic) bond motifs is 2. The molecule has 0 aliphatic rings. The van der Waals surface area contributed by atoms with Gasteiger partial charge in [-0.1, -0.05) is 41.1 Å². The van der Waals surface area contributed by atoms with Gasteiger partial charge in [-0.05, 0) is 37.3 Å². The molecule has 0 fully saturated rings. The predicted octanol–water partition coefficient (Wildman–Crippen LogP) is 6.13. The summed E-state index contributed by atoms with van der Waals surface area (Å²) in [5, 5.41) is 1.12. The number of nitrogens with zero attached hydrogens (tertiary/aromatic N) is 2. The summed E-state index contributed by atoms with van der Waals surface area (Å²) in [6.45, 7) is 4.22. The van der Waals surface area contributed by atoms with Crippen molar-refractivity contribution in [2.75, 3.05) is 0 Å². The van der Waals surface area contributed by atoms with E-state index < -0.39 is 0 Å². The Hall–Kier alpha value is -2.33. The Morgan fingerprint density at radius 2 is 2.04 bits per heavy atom. The fraction of sp³-hybridized carbons (Fsp3) is 0.150. The second-order valence-corrected chi connectivity index (χ2v) is 6.65. The van der Waals surface area contributed by atoms with E-state index in [1.807, 2.05) is 36.7 Å². The number of benzene rings is 2. The van der Waals surface area contributed by atoms with Crippen LogP contribution in [-0.4, -0.2) is 9.55 Å². The monoisotopic (exact) mass is 380 g/mol. The van der Waals surface area contributed by atoms with E-state index in [0.29, 0.717) is 0 Å². The van der Waals surface area contributed by atoms with Crippen molar-refractivity contribution in [2.24, 2.45) is 0 Å². The van der Waals surface area contributed by atoms with Crippen LogP contribution in [0.5, 0.6) is 0 Å². The van der Waals surface area contributed by atoms with Crippen LogP contribution in [0.25, 0.3) is 33.8 Å². The molecule has 0 unspecified atom stereocenters. The van der Waals surface area contributed by atoms with Crippen LogP contribution in [-0.2, 0) is 6.42 Å². The maximum absolute atomic E-state index is 6.04. The van der Waals surface area contributed by atoms with Gasteiger partial charge in [-0.2, -0.15) is 0 Å². The highest BCUT2D eigenvalue weighted by molar-refractivity contribution is 9.10. The minimum absolute atomic E-state index is 0.852. The Balaban J connectivity index is 1.93. The Bertz CT molecular complexity index is 1070. The van der Waals surface area contributed by atoms with E-state index in [0.717, 1.165) is 49.9 Å². The molecule has 0 amide bonds. The summed E-state index contributed by atoms with van der Waals surface area (Å²) in [7, 11) is 0. The SMILES string of the molecule is CCc1oc2cccc(Br)c2c1/C=C(\C)n1cnc2ccccc21. The van der Waals surface area contributed by atoms with Crippen LogP contribution in [0.3, 0.4) is 0 Å². The molecular formula is C20H17BrN2O. The van der Waals surface area contributed by atoms with Gasteiger partial charge in [0.15, 0.2) is 0 Å². The Morgan fingerprint density at radius 3 is 2.88 bits per heavy atom. The Morgan fingerprint density at radius 1 is 1.21 bits per heavy atom. The maximum atomic E-state index is 6.04. The van der Waals surface area contributed by atoms with E-state index in [1.165, 1.54) is 0 Å². The molecule has 0 aliphatic carbocycles. The van der Waals surface area contributed by atoms with Gasteiger partial charge in [0.2, 0.25) is 0 Å². The first-order chi connectivity index (χ1) is 11.7.